The molecule has 0 fully saturated rings. The maximum Gasteiger partial charge on any atom is 0.258 e. The van der Waals surface area contributed by atoms with Gasteiger partial charge in [-0.2, -0.15) is 0 Å². The Hall–Kier alpha value is -3.15. The van der Waals surface area contributed by atoms with Crippen LogP contribution in [0.1, 0.15) is 37.4 Å². The molecule has 0 aliphatic rings. The summed E-state index contributed by atoms with van der Waals surface area (Å²) in [4.78, 5) is 24.5. The summed E-state index contributed by atoms with van der Waals surface area (Å²) in [5.74, 6) is -0.876. The molecule has 5 nitrogen and oxygen atoms in total. The number of primary amides is 1. The summed E-state index contributed by atoms with van der Waals surface area (Å²) in [5.41, 5.74) is 7.81. The van der Waals surface area contributed by atoms with E-state index in [1.54, 1.807) is 29.7 Å². The Morgan fingerprint density at radius 1 is 1.18 bits per heavy atom. The van der Waals surface area contributed by atoms with Gasteiger partial charge in [-0.05, 0) is 59.7 Å². The number of phenols is 1. The van der Waals surface area contributed by atoms with Crippen LogP contribution >= 0.6 is 0 Å². The number of halogens is 1. The number of aromatic hydroxyl groups is 1. The Morgan fingerprint density at radius 2 is 1.89 bits per heavy atom. The van der Waals surface area contributed by atoms with E-state index in [0.717, 1.165) is 16.8 Å². The Bertz CT molecular complexity index is 1130. The number of phenolic OH excluding ortho intramolecular Hbond substituents is 1. The molecule has 0 aliphatic carbocycles. The van der Waals surface area contributed by atoms with Gasteiger partial charge >= 0.3 is 0 Å². The number of amides is 1. The number of nitrogens with two attached hydrogens (primary N) is 1. The maximum absolute atomic E-state index is 13.9. The van der Waals surface area contributed by atoms with Gasteiger partial charge in [-0.1, -0.05) is 19.9 Å². The van der Waals surface area contributed by atoms with Crippen molar-refractivity contribution in [2.75, 3.05) is 0 Å². The lowest BCUT2D eigenvalue weighted by Gasteiger charge is -2.22. The lowest BCUT2D eigenvalue weighted by Crippen LogP contribution is -2.28. The molecule has 0 unspecified atom stereocenters. The molecule has 0 saturated heterocycles. The molecule has 28 heavy (non-hydrogen) atoms. The number of carbonyl (C=O) groups is 1. The molecule has 1 amide bonds. The molecule has 3 rings (SSSR count). The molecule has 0 bridgehead atoms. The van der Waals surface area contributed by atoms with E-state index in [4.69, 9.17) is 5.73 Å². The van der Waals surface area contributed by atoms with Crippen molar-refractivity contribution in [2.45, 2.75) is 39.7 Å². The minimum absolute atomic E-state index is 0.0197. The molecule has 6 heteroatoms. The molecule has 0 spiro atoms. The van der Waals surface area contributed by atoms with Gasteiger partial charge < -0.3 is 15.4 Å². The maximum atomic E-state index is 13.9. The topological polar surface area (TPSA) is 85.3 Å². The molecule has 0 atom stereocenters. The fourth-order valence-electron chi connectivity index (χ4n) is 3.60. The molecule has 146 valence electrons. The number of rotatable bonds is 5. The second kappa shape index (κ2) is 7.46. The highest BCUT2D eigenvalue weighted by atomic mass is 19.1. The number of fused-ring (bicyclic) bond motifs is 1. The Balaban J connectivity index is 2.46. The van der Waals surface area contributed by atoms with Gasteiger partial charge in [0, 0.05) is 24.2 Å². The van der Waals surface area contributed by atoms with Gasteiger partial charge in [-0.25, -0.2) is 4.39 Å². The van der Waals surface area contributed by atoms with Crippen LogP contribution in [-0.2, 0) is 11.3 Å². The molecular formula is C22H23FN2O3. The van der Waals surface area contributed by atoms with Crippen LogP contribution < -0.4 is 11.3 Å². The minimum atomic E-state index is -0.503. The summed E-state index contributed by atoms with van der Waals surface area (Å²) in [7, 11) is 0. The number of benzene rings is 2. The van der Waals surface area contributed by atoms with Crippen molar-refractivity contribution in [3.63, 3.8) is 0 Å². The molecule has 2 aromatic carbocycles. The van der Waals surface area contributed by atoms with Crippen molar-refractivity contribution in [3.05, 3.63) is 63.8 Å². The Morgan fingerprint density at radius 3 is 2.50 bits per heavy atom. The zero-order valence-corrected chi connectivity index (χ0v) is 16.1. The van der Waals surface area contributed by atoms with Gasteiger partial charge in [-0.15, -0.1) is 0 Å². The van der Waals surface area contributed by atoms with Gasteiger partial charge in [0.25, 0.3) is 5.56 Å². The van der Waals surface area contributed by atoms with Crippen LogP contribution in [0.4, 0.5) is 4.39 Å². The van der Waals surface area contributed by atoms with E-state index in [1.807, 2.05) is 13.8 Å². The predicted octanol–water partition coefficient (Wildman–Crippen LogP) is 3.82. The standard InChI is InChI=1S/C22H23FN2O3/c1-12(2)21-20(14-4-7-18(23)13(3)10-14)16-6-5-15(26)11-17(16)22(28)25(21)9-8-19(24)27/h4-7,10-12,26H,8-9H2,1-3H3,(H2,24,27). The summed E-state index contributed by atoms with van der Waals surface area (Å²) in [6, 6.07) is 9.47. The van der Waals surface area contributed by atoms with E-state index < -0.39 is 5.91 Å². The van der Waals surface area contributed by atoms with E-state index in [-0.39, 0.29) is 36.0 Å². The molecule has 3 aromatic rings. The smallest absolute Gasteiger partial charge is 0.258 e. The number of nitrogens with zero attached hydrogens (tertiary/aromatic N) is 1. The molecule has 1 heterocycles. The van der Waals surface area contributed by atoms with Crippen LogP contribution in [0.3, 0.4) is 0 Å². The van der Waals surface area contributed by atoms with Crippen molar-refractivity contribution in [1.29, 1.82) is 0 Å². The van der Waals surface area contributed by atoms with E-state index in [2.05, 4.69) is 0 Å². The van der Waals surface area contributed by atoms with Crippen LogP contribution in [-0.4, -0.2) is 15.6 Å². The van der Waals surface area contributed by atoms with Gasteiger partial charge in [0.05, 0.1) is 5.39 Å². The third-order valence-corrected chi connectivity index (χ3v) is 4.87. The third-order valence-electron chi connectivity index (χ3n) is 4.87. The average molecular weight is 382 g/mol. The average Bonchev–Trinajstić information content (AvgIpc) is 2.63. The monoisotopic (exact) mass is 382 g/mol. The van der Waals surface area contributed by atoms with Gasteiger partial charge in [0.15, 0.2) is 0 Å². The number of aryl methyl sites for hydroxylation is 1. The lowest BCUT2D eigenvalue weighted by atomic mass is 9.91. The van der Waals surface area contributed by atoms with Crippen molar-refractivity contribution in [1.82, 2.24) is 4.57 Å². The number of aromatic nitrogens is 1. The Labute approximate surface area is 162 Å². The minimum Gasteiger partial charge on any atom is -0.508 e. The molecule has 3 N–H and O–H groups in total. The lowest BCUT2D eigenvalue weighted by molar-refractivity contribution is -0.118. The zero-order valence-electron chi connectivity index (χ0n) is 16.1. The predicted molar refractivity (Wildman–Crippen MR) is 108 cm³/mol. The van der Waals surface area contributed by atoms with Crippen molar-refractivity contribution in [2.24, 2.45) is 5.73 Å². The molecule has 1 aromatic heterocycles. The summed E-state index contributed by atoms with van der Waals surface area (Å²) >= 11 is 0. The van der Waals surface area contributed by atoms with Crippen LogP contribution in [0, 0.1) is 12.7 Å². The first kappa shape index (κ1) is 19.6. The first-order valence-corrected chi connectivity index (χ1v) is 9.15. The second-order valence-electron chi connectivity index (χ2n) is 7.28. The zero-order chi connectivity index (χ0) is 20.6. The normalized spacial score (nSPS) is 11.3. The third kappa shape index (κ3) is 3.50. The van der Waals surface area contributed by atoms with Crippen molar-refractivity contribution >= 4 is 16.7 Å². The highest BCUT2D eigenvalue weighted by Gasteiger charge is 2.21. The largest absolute Gasteiger partial charge is 0.508 e. The highest BCUT2D eigenvalue weighted by Crippen LogP contribution is 2.36. The van der Waals surface area contributed by atoms with Gasteiger partial charge in [-0.3, -0.25) is 9.59 Å². The SMILES string of the molecule is Cc1cc(-c2c(C(C)C)n(CCC(N)=O)c(=O)c3cc(O)ccc23)ccc1F. The quantitative estimate of drug-likeness (QED) is 0.703. The number of pyridine rings is 1. The van der Waals surface area contributed by atoms with Crippen LogP contribution in [0.15, 0.2) is 41.2 Å². The van der Waals surface area contributed by atoms with E-state index in [9.17, 15) is 19.1 Å². The molecular weight excluding hydrogens is 359 g/mol. The van der Waals surface area contributed by atoms with Crippen molar-refractivity contribution < 1.29 is 14.3 Å². The second-order valence-corrected chi connectivity index (χ2v) is 7.28. The van der Waals surface area contributed by atoms with E-state index in [1.165, 1.54) is 18.2 Å². The van der Waals surface area contributed by atoms with Gasteiger partial charge in [0.1, 0.15) is 11.6 Å². The van der Waals surface area contributed by atoms with E-state index >= 15 is 0 Å². The van der Waals surface area contributed by atoms with Crippen molar-refractivity contribution in [3.8, 4) is 16.9 Å². The fourth-order valence-corrected chi connectivity index (χ4v) is 3.60. The van der Waals surface area contributed by atoms with Gasteiger partial charge in [0.2, 0.25) is 5.91 Å². The highest BCUT2D eigenvalue weighted by molar-refractivity contribution is 5.98. The van der Waals surface area contributed by atoms with Crippen LogP contribution in [0.2, 0.25) is 0 Å². The van der Waals surface area contributed by atoms with E-state index in [0.29, 0.717) is 16.3 Å². The molecule has 0 saturated carbocycles. The first-order valence-electron chi connectivity index (χ1n) is 9.15. The fraction of sp³-hybridized carbons (Fsp3) is 0.273. The number of carbonyl (C=O) groups excluding carboxylic acids is 1. The van der Waals surface area contributed by atoms with Crippen LogP contribution in [0.25, 0.3) is 21.9 Å². The van der Waals surface area contributed by atoms with Crippen LogP contribution in [0.5, 0.6) is 5.75 Å². The molecule has 0 radical (unpaired) electrons. The number of hydrogen-bond donors (Lipinski definition) is 2. The first-order chi connectivity index (χ1) is 13.2. The molecule has 0 aliphatic heterocycles. The summed E-state index contributed by atoms with van der Waals surface area (Å²) in [5, 5.41) is 10.9. The summed E-state index contributed by atoms with van der Waals surface area (Å²) in [6.45, 7) is 5.74. The number of hydrogen-bond acceptors (Lipinski definition) is 3. The summed E-state index contributed by atoms with van der Waals surface area (Å²) < 4.78 is 15.4. The Kier molecular flexibility index (Phi) is 5.23. The summed E-state index contributed by atoms with van der Waals surface area (Å²) in [6.07, 6.45) is 0.0197.